The Bertz CT molecular complexity index is 239. The standard InChI is InChI=1S/C12H22N2O2/c13-11-4-2-1-3-9(11)7-12(15)14-10-5-6-16-8-10/h9-11H,1-8,13H2,(H,14,15). The molecule has 1 aliphatic heterocycles. The molecule has 16 heavy (non-hydrogen) atoms. The second-order valence-corrected chi connectivity index (χ2v) is 5.04. The van der Waals surface area contributed by atoms with Gasteiger partial charge >= 0.3 is 0 Å². The zero-order valence-electron chi connectivity index (χ0n) is 9.78. The molecule has 1 saturated carbocycles. The molecule has 0 bridgehead atoms. The lowest BCUT2D eigenvalue weighted by molar-refractivity contribution is -0.123. The highest BCUT2D eigenvalue weighted by atomic mass is 16.5. The van der Waals surface area contributed by atoms with Gasteiger partial charge in [0, 0.05) is 19.1 Å². The average Bonchev–Trinajstić information content (AvgIpc) is 2.74. The lowest BCUT2D eigenvalue weighted by Gasteiger charge is -2.28. The Morgan fingerprint density at radius 3 is 2.81 bits per heavy atom. The third kappa shape index (κ3) is 3.19. The topological polar surface area (TPSA) is 64.4 Å². The van der Waals surface area contributed by atoms with Crippen molar-refractivity contribution in [1.29, 1.82) is 0 Å². The Morgan fingerprint density at radius 1 is 1.31 bits per heavy atom. The normalized spacial score (nSPS) is 34.9. The molecule has 92 valence electrons. The molecule has 3 atom stereocenters. The van der Waals surface area contributed by atoms with Gasteiger partial charge in [-0.3, -0.25) is 4.79 Å². The van der Waals surface area contributed by atoms with E-state index >= 15 is 0 Å². The Hall–Kier alpha value is -0.610. The summed E-state index contributed by atoms with van der Waals surface area (Å²) in [4.78, 5) is 11.8. The summed E-state index contributed by atoms with van der Waals surface area (Å²) in [5, 5.41) is 3.03. The zero-order chi connectivity index (χ0) is 11.4. The highest BCUT2D eigenvalue weighted by Gasteiger charge is 2.25. The van der Waals surface area contributed by atoms with Crippen LogP contribution in [0.1, 0.15) is 38.5 Å². The monoisotopic (exact) mass is 226 g/mol. The summed E-state index contributed by atoms with van der Waals surface area (Å²) in [5.74, 6) is 0.536. The Kier molecular flexibility index (Phi) is 4.18. The summed E-state index contributed by atoms with van der Waals surface area (Å²) in [7, 11) is 0. The molecule has 1 saturated heterocycles. The number of amides is 1. The highest BCUT2D eigenvalue weighted by molar-refractivity contribution is 5.76. The molecular weight excluding hydrogens is 204 g/mol. The second-order valence-electron chi connectivity index (χ2n) is 5.04. The van der Waals surface area contributed by atoms with Gasteiger partial charge in [-0.2, -0.15) is 0 Å². The van der Waals surface area contributed by atoms with Crippen molar-refractivity contribution in [2.75, 3.05) is 13.2 Å². The van der Waals surface area contributed by atoms with Crippen LogP contribution < -0.4 is 11.1 Å². The third-order valence-electron chi connectivity index (χ3n) is 3.71. The van der Waals surface area contributed by atoms with E-state index in [1.807, 2.05) is 0 Å². The lowest BCUT2D eigenvalue weighted by Crippen LogP contribution is -2.40. The van der Waals surface area contributed by atoms with Crippen molar-refractivity contribution < 1.29 is 9.53 Å². The molecule has 4 heteroatoms. The fraction of sp³-hybridized carbons (Fsp3) is 0.917. The van der Waals surface area contributed by atoms with Crippen molar-refractivity contribution >= 4 is 5.91 Å². The summed E-state index contributed by atoms with van der Waals surface area (Å²) in [5.41, 5.74) is 6.03. The van der Waals surface area contributed by atoms with E-state index < -0.39 is 0 Å². The van der Waals surface area contributed by atoms with E-state index in [4.69, 9.17) is 10.5 Å². The number of hydrogen-bond donors (Lipinski definition) is 2. The summed E-state index contributed by atoms with van der Waals surface area (Å²) in [6, 6.07) is 0.451. The molecule has 3 N–H and O–H groups in total. The molecule has 0 radical (unpaired) electrons. The van der Waals surface area contributed by atoms with Crippen LogP contribution in [-0.2, 0) is 9.53 Å². The molecule has 0 aromatic heterocycles. The summed E-state index contributed by atoms with van der Waals surface area (Å²) >= 11 is 0. The molecule has 2 fully saturated rings. The van der Waals surface area contributed by atoms with Crippen molar-refractivity contribution in [2.45, 2.75) is 50.6 Å². The van der Waals surface area contributed by atoms with Crippen LogP contribution >= 0.6 is 0 Å². The van der Waals surface area contributed by atoms with Crippen molar-refractivity contribution in [3.05, 3.63) is 0 Å². The molecule has 4 nitrogen and oxygen atoms in total. The van der Waals surface area contributed by atoms with Crippen molar-refractivity contribution in [3.63, 3.8) is 0 Å². The molecule has 2 aliphatic rings. The van der Waals surface area contributed by atoms with Crippen LogP contribution in [0.15, 0.2) is 0 Å². The first-order chi connectivity index (χ1) is 7.75. The molecule has 1 amide bonds. The van der Waals surface area contributed by atoms with Crippen LogP contribution in [0, 0.1) is 5.92 Å². The van der Waals surface area contributed by atoms with E-state index in [9.17, 15) is 4.79 Å². The van der Waals surface area contributed by atoms with Gasteiger partial charge in [0.05, 0.1) is 12.6 Å². The first-order valence-corrected chi connectivity index (χ1v) is 6.38. The van der Waals surface area contributed by atoms with Crippen LogP contribution in [-0.4, -0.2) is 31.2 Å². The molecular formula is C12H22N2O2. The van der Waals surface area contributed by atoms with E-state index in [1.54, 1.807) is 0 Å². The lowest BCUT2D eigenvalue weighted by atomic mass is 9.83. The van der Waals surface area contributed by atoms with Crippen molar-refractivity contribution in [2.24, 2.45) is 11.7 Å². The number of carbonyl (C=O) groups is 1. The van der Waals surface area contributed by atoms with Gasteiger partial charge in [-0.25, -0.2) is 0 Å². The largest absolute Gasteiger partial charge is 0.379 e. The maximum atomic E-state index is 11.8. The van der Waals surface area contributed by atoms with Gasteiger partial charge in [0.25, 0.3) is 0 Å². The summed E-state index contributed by atoms with van der Waals surface area (Å²) in [6.07, 6.45) is 6.16. The number of nitrogens with one attached hydrogen (secondary N) is 1. The SMILES string of the molecule is NC1CCCCC1CC(=O)NC1CCOC1. The van der Waals surface area contributed by atoms with Gasteiger partial charge in [0.1, 0.15) is 0 Å². The van der Waals surface area contributed by atoms with Gasteiger partial charge in [0.2, 0.25) is 5.91 Å². The minimum atomic E-state index is 0.151. The quantitative estimate of drug-likeness (QED) is 0.748. The Balaban J connectivity index is 1.72. The number of rotatable bonds is 3. The summed E-state index contributed by atoms with van der Waals surface area (Å²) < 4.78 is 5.23. The maximum absolute atomic E-state index is 11.8. The smallest absolute Gasteiger partial charge is 0.220 e. The van der Waals surface area contributed by atoms with Gasteiger partial charge in [0.15, 0.2) is 0 Å². The molecule has 1 aliphatic carbocycles. The second kappa shape index (κ2) is 5.64. The van der Waals surface area contributed by atoms with Crippen molar-refractivity contribution in [3.8, 4) is 0 Å². The minimum Gasteiger partial charge on any atom is -0.379 e. The molecule has 2 rings (SSSR count). The predicted octanol–water partition coefficient (Wildman–Crippen LogP) is 0.799. The first kappa shape index (κ1) is 11.9. The van der Waals surface area contributed by atoms with E-state index in [-0.39, 0.29) is 18.0 Å². The zero-order valence-corrected chi connectivity index (χ0v) is 9.78. The minimum absolute atomic E-state index is 0.151. The van der Waals surface area contributed by atoms with Crippen LogP contribution in [0.25, 0.3) is 0 Å². The van der Waals surface area contributed by atoms with E-state index in [2.05, 4.69) is 5.32 Å². The number of carbonyl (C=O) groups excluding carboxylic acids is 1. The van der Waals surface area contributed by atoms with Crippen LogP contribution in [0.4, 0.5) is 0 Å². The van der Waals surface area contributed by atoms with Crippen LogP contribution in [0.3, 0.4) is 0 Å². The van der Waals surface area contributed by atoms with Gasteiger partial charge in [-0.05, 0) is 25.2 Å². The van der Waals surface area contributed by atoms with Crippen LogP contribution in [0.5, 0.6) is 0 Å². The van der Waals surface area contributed by atoms with Gasteiger partial charge in [-0.15, -0.1) is 0 Å². The first-order valence-electron chi connectivity index (χ1n) is 6.38. The third-order valence-corrected chi connectivity index (χ3v) is 3.71. The van der Waals surface area contributed by atoms with E-state index in [0.29, 0.717) is 18.9 Å². The molecule has 3 unspecified atom stereocenters. The molecule has 0 aromatic rings. The molecule has 0 aromatic carbocycles. The fourth-order valence-corrected chi connectivity index (χ4v) is 2.66. The average molecular weight is 226 g/mol. The fourth-order valence-electron chi connectivity index (χ4n) is 2.66. The molecule has 1 heterocycles. The molecule has 0 spiro atoms. The van der Waals surface area contributed by atoms with E-state index in [1.165, 1.54) is 12.8 Å². The Morgan fingerprint density at radius 2 is 2.12 bits per heavy atom. The van der Waals surface area contributed by atoms with Gasteiger partial charge < -0.3 is 15.8 Å². The van der Waals surface area contributed by atoms with Crippen molar-refractivity contribution in [1.82, 2.24) is 5.32 Å². The number of ether oxygens (including phenoxy) is 1. The maximum Gasteiger partial charge on any atom is 0.220 e. The Labute approximate surface area is 96.9 Å². The predicted molar refractivity (Wildman–Crippen MR) is 61.9 cm³/mol. The van der Waals surface area contributed by atoms with E-state index in [0.717, 1.165) is 25.9 Å². The van der Waals surface area contributed by atoms with Gasteiger partial charge in [-0.1, -0.05) is 12.8 Å². The van der Waals surface area contributed by atoms with Crippen LogP contribution in [0.2, 0.25) is 0 Å². The number of hydrogen-bond acceptors (Lipinski definition) is 3. The highest BCUT2D eigenvalue weighted by Crippen LogP contribution is 2.25. The number of nitrogens with two attached hydrogens (primary N) is 1. The summed E-state index contributed by atoms with van der Waals surface area (Å²) in [6.45, 7) is 1.44.